The Morgan fingerprint density at radius 1 is 1.56 bits per heavy atom. The Kier molecular flexibility index (Phi) is 3.14. The van der Waals surface area contributed by atoms with Crippen molar-refractivity contribution in [3.8, 4) is 0 Å². The van der Waals surface area contributed by atoms with E-state index in [1.54, 1.807) is 6.07 Å². The van der Waals surface area contributed by atoms with Gasteiger partial charge in [-0.15, -0.1) is 0 Å². The van der Waals surface area contributed by atoms with Gasteiger partial charge in [0.1, 0.15) is 0 Å². The molecule has 1 aromatic rings. The molecule has 2 rings (SSSR count). The van der Waals surface area contributed by atoms with Crippen molar-refractivity contribution in [2.24, 2.45) is 0 Å². The van der Waals surface area contributed by atoms with Gasteiger partial charge in [-0.3, -0.25) is 0 Å². The molecule has 0 atom stereocenters. The quantitative estimate of drug-likeness (QED) is 0.517. The minimum absolute atomic E-state index is 0.0232. The summed E-state index contributed by atoms with van der Waals surface area (Å²) in [6.07, 6.45) is 0. The zero-order chi connectivity index (χ0) is 11.7. The first-order chi connectivity index (χ1) is 7.59. The van der Waals surface area contributed by atoms with E-state index >= 15 is 0 Å². The maximum atomic E-state index is 10.5. The van der Waals surface area contributed by atoms with Gasteiger partial charge in [0.25, 0.3) is 0 Å². The van der Waals surface area contributed by atoms with Gasteiger partial charge >= 0.3 is 103 Å². The molecule has 1 aliphatic heterocycles. The number of hydrogen-bond donors (Lipinski definition) is 1. The van der Waals surface area contributed by atoms with E-state index in [2.05, 4.69) is 0 Å². The number of non-ortho nitro benzene ring substituents is 1. The van der Waals surface area contributed by atoms with E-state index in [0.29, 0.717) is 15.4 Å². The summed E-state index contributed by atoms with van der Waals surface area (Å²) in [6.45, 7) is 0.774. The molecule has 5 nitrogen and oxygen atoms in total. The molecule has 16 heavy (non-hydrogen) atoms. The van der Waals surface area contributed by atoms with Gasteiger partial charge in [0, 0.05) is 0 Å². The van der Waals surface area contributed by atoms with Crippen molar-refractivity contribution >= 4 is 42.7 Å². The molecule has 0 unspecified atom stereocenters. The third-order valence-corrected chi connectivity index (χ3v) is 4.38. The summed E-state index contributed by atoms with van der Waals surface area (Å²) in [5.74, 6) is 0. The van der Waals surface area contributed by atoms with Crippen LogP contribution in [0.5, 0.6) is 0 Å². The molecular weight excluding hydrogens is 297 g/mol. The summed E-state index contributed by atoms with van der Waals surface area (Å²) < 4.78 is 0.572. The third kappa shape index (κ3) is 2.04. The normalized spacial score (nSPS) is 15.6. The Balaban J connectivity index is 2.36. The average molecular weight is 305 g/mol. The molecule has 1 aliphatic rings. The molecule has 84 valence electrons. The van der Waals surface area contributed by atoms with Crippen molar-refractivity contribution in [3.05, 3.63) is 33.3 Å². The molecule has 7 heteroatoms. The summed E-state index contributed by atoms with van der Waals surface area (Å²) in [6, 6.07) is 4.35. The van der Waals surface area contributed by atoms with Crippen LogP contribution in [0.15, 0.2) is 18.2 Å². The van der Waals surface area contributed by atoms with Crippen LogP contribution in [0.25, 0.3) is 0 Å². The minimum atomic E-state index is -0.477. The first-order valence-electron chi connectivity index (χ1n) is 4.52. The Morgan fingerprint density at radius 3 is 2.81 bits per heavy atom. The van der Waals surface area contributed by atoms with Crippen LogP contribution in [0.1, 0.15) is 0 Å². The Labute approximate surface area is 103 Å². The molecule has 1 N–H and O–H groups in total. The van der Waals surface area contributed by atoms with Crippen LogP contribution in [0, 0.1) is 15.5 Å². The van der Waals surface area contributed by atoms with Crippen LogP contribution in [0.4, 0.5) is 11.4 Å². The number of rotatable bonds is 2. The summed E-state index contributed by atoms with van der Waals surface area (Å²) in [7, 11) is 0. The van der Waals surface area contributed by atoms with Gasteiger partial charge < -0.3 is 0 Å². The number of hydrogen-bond acceptors (Lipinski definition) is 3. The van der Waals surface area contributed by atoms with Crippen molar-refractivity contribution in [2.75, 3.05) is 11.4 Å². The number of nitro groups is 1. The number of anilines is 1. The fourth-order valence-corrected chi connectivity index (χ4v) is 3.45. The second-order valence-electron chi connectivity index (χ2n) is 3.20. The van der Waals surface area contributed by atoms with Crippen LogP contribution in [-0.2, 0) is 0 Å². The van der Waals surface area contributed by atoms with E-state index < -0.39 is 4.92 Å². The van der Waals surface area contributed by atoms with Crippen LogP contribution < -0.4 is 4.90 Å². The van der Waals surface area contributed by atoms with E-state index in [9.17, 15) is 10.1 Å². The van der Waals surface area contributed by atoms with Gasteiger partial charge in [-0.1, -0.05) is 0 Å². The molecule has 0 saturated carbocycles. The van der Waals surface area contributed by atoms with Crippen LogP contribution in [0.3, 0.4) is 0 Å². The van der Waals surface area contributed by atoms with Gasteiger partial charge in [-0.25, -0.2) is 0 Å². The molecule has 1 heterocycles. The summed E-state index contributed by atoms with van der Waals surface area (Å²) >= 11 is 6.18. The van der Waals surface area contributed by atoms with E-state index in [1.165, 1.54) is 12.1 Å². The van der Waals surface area contributed by atoms with Gasteiger partial charge in [0.15, 0.2) is 0 Å². The molecule has 0 bridgehead atoms. The molecule has 1 fully saturated rings. The summed E-state index contributed by atoms with van der Waals surface area (Å²) in [4.78, 5) is 11.9. The number of nitro benzene ring substituents is 1. The number of nitrogens with one attached hydrogen (secondary N) is 1. The molecule has 0 radical (unpaired) electrons. The standard InChI is InChI=1S/C9H8ClN3O2Se/c10-7-5-6(13(14)15)1-2-8(7)12-3-4-16-9(12)11/h1-2,5,11H,3-4H2. The molecule has 0 amide bonds. The molecular formula is C9H8ClN3O2Se. The number of halogens is 1. The van der Waals surface area contributed by atoms with Crippen molar-refractivity contribution in [1.82, 2.24) is 0 Å². The second kappa shape index (κ2) is 4.41. The monoisotopic (exact) mass is 305 g/mol. The van der Waals surface area contributed by atoms with E-state index in [1.807, 2.05) is 4.90 Å². The van der Waals surface area contributed by atoms with Gasteiger partial charge in [0.2, 0.25) is 0 Å². The molecule has 0 aromatic heterocycles. The van der Waals surface area contributed by atoms with Crippen molar-refractivity contribution in [2.45, 2.75) is 5.32 Å². The molecule has 0 aliphatic carbocycles. The second-order valence-corrected chi connectivity index (χ2v) is 5.88. The van der Waals surface area contributed by atoms with Crippen molar-refractivity contribution in [1.29, 1.82) is 5.41 Å². The van der Waals surface area contributed by atoms with Crippen molar-refractivity contribution in [3.63, 3.8) is 0 Å². The SMILES string of the molecule is N=C1[Se]CCN1c1ccc([N+](=O)[O-])cc1Cl. The zero-order valence-electron chi connectivity index (χ0n) is 8.14. The summed E-state index contributed by atoms with van der Waals surface area (Å²) in [5.41, 5.74) is 0.668. The predicted molar refractivity (Wildman–Crippen MR) is 63.7 cm³/mol. The average Bonchev–Trinajstić information content (AvgIpc) is 2.64. The summed E-state index contributed by atoms with van der Waals surface area (Å²) in [5, 5.41) is 19.6. The van der Waals surface area contributed by atoms with E-state index in [0.717, 1.165) is 11.9 Å². The Bertz CT molecular complexity index is 466. The Hall–Kier alpha value is -1.10. The van der Waals surface area contributed by atoms with Crippen molar-refractivity contribution < 1.29 is 4.92 Å². The van der Waals surface area contributed by atoms with Gasteiger partial charge in [0.05, 0.1) is 0 Å². The zero-order valence-corrected chi connectivity index (χ0v) is 10.6. The topological polar surface area (TPSA) is 70.2 Å². The molecule has 1 saturated heterocycles. The van der Waals surface area contributed by atoms with E-state index in [-0.39, 0.29) is 20.6 Å². The maximum absolute atomic E-state index is 10.5. The number of amidine groups is 1. The molecule has 1 aromatic carbocycles. The van der Waals surface area contributed by atoms with Gasteiger partial charge in [-0.2, -0.15) is 0 Å². The first kappa shape index (κ1) is 11.4. The van der Waals surface area contributed by atoms with E-state index in [4.69, 9.17) is 17.0 Å². The van der Waals surface area contributed by atoms with Gasteiger partial charge in [-0.05, 0) is 0 Å². The van der Waals surface area contributed by atoms with Crippen LogP contribution in [-0.4, -0.2) is 31.2 Å². The fourth-order valence-electron chi connectivity index (χ4n) is 1.47. The third-order valence-electron chi connectivity index (χ3n) is 2.23. The van der Waals surface area contributed by atoms with Crippen LogP contribution in [0.2, 0.25) is 10.3 Å². The first-order valence-corrected chi connectivity index (χ1v) is 6.97. The predicted octanol–water partition coefficient (Wildman–Crippen LogP) is 2.13. The Morgan fingerprint density at radius 2 is 2.31 bits per heavy atom. The number of benzene rings is 1. The van der Waals surface area contributed by atoms with Crippen LogP contribution >= 0.6 is 11.6 Å². The fraction of sp³-hybridized carbons (Fsp3) is 0.222. The number of nitrogens with zero attached hydrogens (tertiary/aromatic N) is 2. The molecule has 0 spiro atoms.